The van der Waals surface area contributed by atoms with E-state index < -0.39 is 17.1 Å². The van der Waals surface area contributed by atoms with E-state index in [0.29, 0.717) is 0 Å². The summed E-state index contributed by atoms with van der Waals surface area (Å²) in [5.41, 5.74) is -0.609. The molecule has 0 heterocycles. The number of ether oxygens (including phenoxy) is 1. The van der Waals surface area contributed by atoms with Gasteiger partial charge in [0.15, 0.2) is 5.78 Å². The number of rotatable bonds is 2. The number of carbonyl (C=O) groups is 2. The van der Waals surface area contributed by atoms with Gasteiger partial charge in [0.25, 0.3) is 0 Å². The summed E-state index contributed by atoms with van der Waals surface area (Å²) in [6.07, 6.45) is 0.881. The minimum Gasteiger partial charge on any atom is -0.502 e. The topological polar surface area (TPSA) is 63.6 Å². The molecule has 0 aliphatic heterocycles. The minimum atomic E-state index is -0.905. The predicted molar refractivity (Wildman–Crippen MR) is 47.2 cm³/mol. The highest BCUT2D eigenvalue weighted by Gasteiger charge is 2.21. The Bertz CT molecular complexity index is 245. The summed E-state index contributed by atoms with van der Waals surface area (Å²) >= 11 is 0. The lowest BCUT2D eigenvalue weighted by atomic mass is 9.90. The van der Waals surface area contributed by atoms with Crippen LogP contribution in [0, 0.1) is 5.41 Å². The smallest absolute Gasteiger partial charge is 0.373 e. The van der Waals surface area contributed by atoms with Crippen molar-refractivity contribution in [3.8, 4) is 0 Å². The van der Waals surface area contributed by atoms with Gasteiger partial charge in [-0.25, -0.2) is 4.79 Å². The zero-order valence-electron chi connectivity index (χ0n) is 8.25. The van der Waals surface area contributed by atoms with Crippen molar-refractivity contribution in [2.24, 2.45) is 5.41 Å². The molecule has 0 radical (unpaired) electrons. The Labute approximate surface area is 77.2 Å². The molecule has 0 aliphatic carbocycles. The maximum atomic E-state index is 11.3. The molecule has 0 unspecified atom stereocenters. The fourth-order valence-electron chi connectivity index (χ4n) is 0.504. The summed E-state index contributed by atoms with van der Waals surface area (Å²) in [7, 11) is 1.13. The van der Waals surface area contributed by atoms with Gasteiger partial charge in [-0.05, 0) is 0 Å². The molecular formula is C9H14O4. The van der Waals surface area contributed by atoms with E-state index >= 15 is 0 Å². The van der Waals surface area contributed by atoms with Crippen LogP contribution in [0.3, 0.4) is 0 Å². The first-order valence-electron chi connectivity index (χ1n) is 3.82. The van der Waals surface area contributed by atoms with Gasteiger partial charge in [0.05, 0.1) is 7.11 Å². The average molecular weight is 186 g/mol. The number of ketones is 1. The van der Waals surface area contributed by atoms with Crippen LogP contribution in [0.1, 0.15) is 20.8 Å². The third-order valence-corrected chi connectivity index (χ3v) is 1.40. The van der Waals surface area contributed by atoms with Gasteiger partial charge in [0.2, 0.25) is 5.76 Å². The number of hydrogen-bond acceptors (Lipinski definition) is 4. The highest BCUT2D eigenvalue weighted by Crippen LogP contribution is 2.15. The van der Waals surface area contributed by atoms with Gasteiger partial charge in [-0.1, -0.05) is 20.8 Å². The van der Waals surface area contributed by atoms with Gasteiger partial charge in [0.1, 0.15) is 0 Å². The van der Waals surface area contributed by atoms with Crippen molar-refractivity contribution in [3.63, 3.8) is 0 Å². The van der Waals surface area contributed by atoms with Crippen molar-refractivity contribution in [2.45, 2.75) is 20.8 Å². The largest absolute Gasteiger partial charge is 0.502 e. The third kappa shape index (κ3) is 3.73. The molecule has 0 spiro atoms. The fourth-order valence-corrected chi connectivity index (χ4v) is 0.504. The fraction of sp³-hybridized carbons (Fsp3) is 0.556. The molecule has 0 aromatic rings. The van der Waals surface area contributed by atoms with Crippen molar-refractivity contribution < 1.29 is 19.4 Å². The molecular weight excluding hydrogens is 172 g/mol. The van der Waals surface area contributed by atoms with E-state index in [2.05, 4.69) is 4.74 Å². The summed E-state index contributed by atoms with van der Waals surface area (Å²) < 4.78 is 4.22. The van der Waals surface area contributed by atoms with E-state index in [1.165, 1.54) is 0 Å². The number of methoxy groups -OCH3 is 1. The molecule has 74 valence electrons. The van der Waals surface area contributed by atoms with E-state index in [4.69, 9.17) is 5.11 Å². The summed E-state index contributed by atoms with van der Waals surface area (Å²) in [4.78, 5) is 21.9. The Balaban J connectivity index is 4.59. The van der Waals surface area contributed by atoms with E-state index in [-0.39, 0.29) is 5.78 Å². The molecule has 0 aliphatic rings. The number of carbonyl (C=O) groups excluding carboxylic acids is 2. The summed E-state index contributed by atoms with van der Waals surface area (Å²) in [5, 5.41) is 9.02. The van der Waals surface area contributed by atoms with Crippen LogP contribution >= 0.6 is 0 Å². The van der Waals surface area contributed by atoms with Gasteiger partial charge in [-0.2, -0.15) is 0 Å². The van der Waals surface area contributed by atoms with Crippen LogP contribution in [0.4, 0.5) is 0 Å². The first-order chi connectivity index (χ1) is 5.79. The zero-order chi connectivity index (χ0) is 10.6. The van der Waals surface area contributed by atoms with E-state index in [9.17, 15) is 9.59 Å². The second kappa shape index (κ2) is 4.07. The van der Waals surface area contributed by atoms with Crippen molar-refractivity contribution in [3.05, 3.63) is 11.8 Å². The van der Waals surface area contributed by atoms with Crippen molar-refractivity contribution in [2.75, 3.05) is 7.11 Å². The second-order valence-corrected chi connectivity index (χ2v) is 3.64. The standard InChI is InChI=1S/C9H14O4/c1-9(2,3)7(11)5-6(10)8(12)13-4/h5,10H,1-4H3/b6-5-. The van der Waals surface area contributed by atoms with Crippen LogP contribution < -0.4 is 0 Å². The van der Waals surface area contributed by atoms with Gasteiger partial charge < -0.3 is 9.84 Å². The maximum absolute atomic E-state index is 11.3. The van der Waals surface area contributed by atoms with E-state index in [0.717, 1.165) is 13.2 Å². The number of aliphatic hydroxyl groups excluding tert-OH is 1. The van der Waals surface area contributed by atoms with Crippen LogP contribution in [0.2, 0.25) is 0 Å². The normalized spacial score (nSPS) is 12.5. The molecule has 0 bridgehead atoms. The molecule has 1 N–H and O–H groups in total. The molecule has 0 aromatic carbocycles. The van der Waals surface area contributed by atoms with Crippen molar-refractivity contribution in [1.82, 2.24) is 0 Å². The molecule has 0 amide bonds. The van der Waals surface area contributed by atoms with Crippen LogP contribution in [-0.2, 0) is 14.3 Å². The van der Waals surface area contributed by atoms with E-state index in [1.54, 1.807) is 20.8 Å². The lowest BCUT2D eigenvalue weighted by Gasteiger charge is -2.13. The molecule has 0 saturated heterocycles. The first-order valence-corrected chi connectivity index (χ1v) is 3.82. The van der Waals surface area contributed by atoms with Crippen LogP contribution in [0.15, 0.2) is 11.8 Å². The Kier molecular flexibility index (Phi) is 3.66. The van der Waals surface area contributed by atoms with Crippen LogP contribution in [-0.4, -0.2) is 24.0 Å². The SMILES string of the molecule is COC(=O)/C(O)=C/C(=O)C(C)(C)C. The third-order valence-electron chi connectivity index (χ3n) is 1.40. The molecule has 4 heteroatoms. The van der Waals surface area contributed by atoms with Crippen molar-refractivity contribution in [1.29, 1.82) is 0 Å². The number of allylic oxidation sites excluding steroid dienone is 1. The number of aliphatic hydroxyl groups is 1. The van der Waals surface area contributed by atoms with Crippen LogP contribution in [0.5, 0.6) is 0 Å². The molecule has 0 rings (SSSR count). The Morgan fingerprint density at radius 3 is 2.08 bits per heavy atom. The predicted octanol–water partition coefficient (Wildman–Crippen LogP) is 1.22. The Hall–Kier alpha value is -1.32. The van der Waals surface area contributed by atoms with Gasteiger partial charge in [-0.15, -0.1) is 0 Å². The molecule has 0 atom stereocenters. The quantitative estimate of drug-likeness (QED) is 0.400. The van der Waals surface area contributed by atoms with Crippen LogP contribution in [0.25, 0.3) is 0 Å². The highest BCUT2D eigenvalue weighted by molar-refractivity contribution is 6.00. The van der Waals surface area contributed by atoms with Gasteiger partial charge >= 0.3 is 5.97 Å². The lowest BCUT2D eigenvalue weighted by molar-refractivity contribution is -0.139. The second-order valence-electron chi connectivity index (χ2n) is 3.64. The molecule has 13 heavy (non-hydrogen) atoms. The number of hydrogen-bond donors (Lipinski definition) is 1. The summed E-state index contributed by atoms with van der Waals surface area (Å²) in [5.74, 6) is -1.89. The molecule has 4 nitrogen and oxygen atoms in total. The number of esters is 1. The van der Waals surface area contributed by atoms with Gasteiger partial charge in [0, 0.05) is 11.5 Å². The Morgan fingerprint density at radius 1 is 1.31 bits per heavy atom. The minimum absolute atomic E-state index is 0.324. The zero-order valence-corrected chi connectivity index (χ0v) is 8.25. The summed E-state index contributed by atoms with van der Waals surface area (Å²) in [6, 6.07) is 0. The monoisotopic (exact) mass is 186 g/mol. The molecule has 0 aromatic heterocycles. The average Bonchev–Trinajstić information content (AvgIpc) is 2.01. The lowest BCUT2D eigenvalue weighted by Crippen LogP contribution is -2.19. The highest BCUT2D eigenvalue weighted by atomic mass is 16.5. The molecule has 0 fully saturated rings. The van der Waals surface area contributed by atoms with Crippen molar-refractivity contribution >= 4 is 11.8 Å². The van der Waals surface area contributed by atoms with E-state index in [1.807, 2.05) is 0 Å². The van der Waals surface area contributed by atoms with Gasteiger partial charge in [-0.3, -0.25) is 4.79 Å². The first kappa shape index (κ1) is 11.7. The summed E-state index contributed by atoms with van der Waals surface area (Å²) in [6.45, 7) is 5.07. The maximum Gasteiger partial charge on any atom is 0.373 e. The molecule has 0 saturated carbocycles. The Morgan fingerprint density at radius 2 is 1.77 bits per heavy atom.